The number of benzene rings is 1. The summed E-state index contributed by atoms with van der Waals surface area (Å²) in [6, 6.07) is 10.8. The monoisotopic (exact) mass is 301 g/mol. The summed E-state index contributed by atoms with van der Waals surface area (Å²) in [6.07, 6.45) is 3.38. The van der Waals surface area contributed by atoms with Gasteiger partial charge in [0.2, 0.25) is 0 Å². The molecule has 0 fully saturated rings. The third-order valence-corrected chi connectivity index (χ3v) is 2.94. The van der Waals surface area contributed by atoms with Gasteiger partial charge in [0.15, 0.2) is 6.61 Å². The van der Waals surface area contributed by atoms with Crippen molar-refractivity contribution in [3.63, 3.8) is 0 Å². The molecule has 21 heavy (non-hydrogen) atoms. The highest BCUT2D eigenvalue weighted by Crippen LogP contribution is 2.17. The SMILES string of the molecule is NC(=S)c1ccccc1OCC(=O)NCc1cccnc1. The number of aromatic nitrogens is 1. The summed E-state index contributed by atoms with van der Waals surface area (Å²) in [4.78, 5) is 16.0. The van der Waals surface area contributed by atoms with Gasteiger partial charge in [-0.05, 0) is 23.8 Å². The maximum absolute atomic E-state index is 11.8. The number of carbonyl (C=O) groups excluding carboxylic acids is 1. The Morgan fingerprint density at radius 3 is 2.81 bits per heavy atom. The highest BCUT2D eigenvalue weighted by molar-refractivity contribution is 7.80. The number of nitrogens with zero attached hydrogens (tertiary/aromatic N) is 1. The predicted octanol–water partition coefficient (Wildman–Crippen LogP) is 1.41. The fourth-order valence-corrected chi connectivity index (χ4v) is 1.86. The minimum atomic E-state index is -0.225. The van der Waals surface area contributed by atoms with E-state index in [0.29, 0.717) is 17.9 Å². The highest BCUT2D eigenvalue weighted by atomic mass is 32.1. The quantitative estimate of drug-likeness (QED) is 0.789. The zero-order valence-corrected chi connectivity index (χ0v) is 12.1. The second-order valence-corrected chi connectivity index (χ2v) is 4.73. The van der Waals surface area contributed by atoms with Gasteiger partial charge in [-0.15, -0.1) is 0 Å². The second-order valence-electron chi connectivity index (χ2n) is 4.29. The molecule has 1 aromatic heterocycles. The fourth-order valence-electron chi connectivity index (χ4n) is 1.69. The second kappa shape index (κ2) is 7.35. The molecule has 6 heteroatoms. The lowest BCUT2D eigenvalue weighted by Crippen LogP contribution is -2.28. The van der Waals surface area contributed by atoms with E-state index in [4.69, 9.17) is 22.7 Å². The van der Waals surface area contributed by atoms with Gasteiger partial charge in [0.1, 0.15) is 10.7 Å². The molecule has 1 amide bonds. The topological polar surface area (TPSA) is 77.2 Å². The van der Waals surface area contributed by atoms with Crippen molar-refractivity contribution < 1.29 is 9.53 Å². The average Bonchev–Trinajstić information content (AvgIpc) is 2.52. The molecule has 108 valence electrons. The summed E-state index contributed by atoms with van der Waals surface area (Å²) in [5.41, 5.74) is 7.14. The number of nitrogens with two attached hydrogens (primary N) is 1. The third-order valence-electron chi connectivity index (χ3n) is 2.72. The van der Waals surface area contributed by atoms with Crippen LogP contribution in [-0.2, 0) is 11.3 Å². The first-order valence-corrected chi connectivity index (χ1v) is 6.75. The van der Waals surface area contributed by atoms with E-state index < -0.39 is 0 Å². The normalized spacial score (nSPS) is 9.90. The van der Waals surface area contributed by atoms with E-state index in [9.17, 15) is 4.79 Å². The smallest absolute Gasteiger partial charge is 0.258 e. The minimum Gasteiger partial charge on any atom is -0.483 e. The molecule has 1 aromatic carbocycles. The number of thiocarbonyl (C=S) groups is 1. The summed E-state index contributed by atoms with van der Waals surface area (Å²) in [6.45, 7) is 0.312. The van der Waals surface area contributed by atoms with Gasteiger partial charge in [0, 0.05) is 18.9 Å². The lowest BCUT2D eigenvalue weighted by molar-refractivity contribution is -0.123. The van der Waals surface area contributed by atoms with Gasteiger partial charge in [0.05, 0.1) is 5.56 Å². The number of para-hydroxylation sites is 1. The van der Waals surface area contributed by atoms with Crippen LogP contribution in [0.2, 0.25) is 0 Å². The predicted molar refractivity (Wildman–Crippen MR) is 83.9 cm³/mol. The molecule has 0 radical (unpaired) electrons. The molecule has 2 rings (SSSR count). The van der Waals surface area contributed by atoms with E-state index in [0.717, 1.165) is 5.56 Å². The molecule has 1 heterocycles. The Labute approximate surface area is 128 Å². The van der Waals surface area contributed by atoms with Crippen molar-refractivity contribution in [1.29, 1.82) is 0 Å². The van der Waals surface area contributed by atoms with Crippen molar-refractivity contribution in [3.8, 4) is 5.75 Å². The van der Waals surface area contributed by atoms with Crippen molar-refractivity contribution in [2.75, 3.05) is 6.61 Å². The molecule has 0 aliphatic carbocycles. The first-order chi connectivity index (χ1) is 10.2. The average molecular weight is 301 g/mol. The molecule has 0 aliphatic rings. The number of carbonyl (C=O) groups is 1. The standard InChI is InChI=1S/C15H15N3O2S/c16-15(21)12-5-1-2-6-13(12)20-10-14(19)18-9-11-4-3-7-17-8-11/h1-8H,9-10H2,(H2,16,21)(H,18,19). The fraction of sp³-hybridized carbons (Fsp3) is 0.133. The van der Waals surface area contributed by atoms with Gasteiger partial charge >= 0.3 is 0 Å². The molecule has 0 bridgehead atoms. The van der Waals surface area contributed by atoms with Gasteiger partial charge < -0.3 is 15.8 Å². The summed E-state index contributed by atoms with van der Waals surface area (Å²) in [5.74, 6) is 0.276. The van der Waals surface area contributed by atoms with Crippen LogP contribution < -0.4 is 15.8 Å². The van der Waals surface area contributed by atoms with Crippen LogP contribution in [0.15, 0.2) is 48.8 Å². The van der Waals surface area contributed by atoms with Gasteiger partial charge in [-0.25, -0.2) is 0 Å². The Morgan fingerprint density at radius 2 is 2.10 bits per heavy atom. The molecular formula is C15H15N3O2S. The zero-order chi connectivity index (χ0) is 15.1. The number of ether oxygens (including phenoxy) is 1. The molecule has 5 nitrogen and oxygen atoms in total. The summed E-state index contributed by atoms with van der Waals surface area (Å²) in [7, 11) is 0. The van der Waals surface area contributed by atoms with Crippen molar-refractivity contribution >= 4 is 23.1 Å². The van der Waals surface area contributed by atoms with Crippen molar-refractivity contribution in [2.45, 2.75) is 6.54 Å². The van der Waals surface area contributed by atoms with Crippen LogP contribution in [-0.4, -0.2) is 22.5 Å². The van der Waals surface area contributed by atoms with E-state index in [-0.39, 0.29) is 17.5 Å². The summed E-state index contributed by atoms with van der Waals surface area (Å²) in [5, 5.41) is 2.75. The highest BCUT2D eigenvalue weighted by Gasteiger charge is 2.08. The van der Waals surface area contributed by atoms with E-state index in [1.165, 1.54) is 0 Å². The summed E-state index contributed by atoms with van der Waals surface area (Å²) >= 11 is 4.93. The number of amides is 1. The van der Waals surface area contributed by atoms with E-state index >= 15 is 0 Å². The Balaban J connectivity index is 1.86. The largest absolute Gasteiger partial charge is 0.483 e. The van der Waals surface area contributed by atoms with Crippen LogP contribution in [0.1, 0.15) is 11.1 Å². The van der Waals surface area contributed by atoms with Crippen molar-refractivity contribution in [2.24, 2.45) is 5.73 Å². The molecule has 0 saturated heterocycles. The van der Waals surface area contributed by atoms with Crippen LogP contribution in [0.5, 0.6) is 5.75 Å². The van der Waals surface area contributed by atoms with Gasteiger partial charge in [-0.2, -0.15) is 0 Å². The van der Waals surface area contributed by atoms with Gasteiger partial charge in [-0.1, -0.05) is 30.4 Å². The number of rotatable bonds is 6. The Hall–Kier alpha value is -2.47. The Kier molecular flexibility index (Phi) is 5.22. The lowest BCUT2D eigenvalue weighted by atomic mass is 10.2. The molecule has 0 unspecified atom stereocenters. The molecular weight excluding hydrogens is 286 g/mol. The maximum atomic E-state index is 11.8. The van der Waals surface area contributed by atoms with Crippen LogP contribution >= 0.6 is 12.2 Å². The van der Waals surface area contributed by atoms with Crippen LogP contribution in [0.3, 0.4) is 0 Å². The van der Waals surface area contributed by atoms with Gasteiger partial charge in [-0.3, -0.25) is 9.78 Å². The minimum absolute atomic E-state index is 0.0973. The molecule has 0 atom stereocenters. The van der Waals surface area contributed by atoms with E-state index in [2.05, 4.69) is 10.3 Å². The summed E-state index contributed by atoms with van der Waals surface area (Å²) < 4.78 is 5.45. The number of hydrogen-bond donors (Lipinski definition) is 2. The Morgan fingerprint density at radius 1 is 1.29 bits per heavy atom. The molecule has 0 spiro atoms. The molecule has 3 N–H and O–H groups in total. The number of pyridine rings is 1. The van der Waals surface area contributed by atoms with Crippen LogP contribution in [0.4, 0.5) is 0 Å². The lowest BCUT2D eigenvalue weighted by Gasteiger charge is -2.10. The molecule has 2 aromatic rings. The van der Waals surface area contributed by atoms with Crippen molar-refractivity contribution in [1.82, 2.24) is 10.3 Å². The van der Waals surface area contributed by atoms with Gasteiger partial charge in [0.25, 0.3) is 5.91 Å². The first-order valence-electron chi connectivity index (χ1n) is 6.34. The van der Waals surface area contributed by atoms with Crippen LogP contribution in [0.25, 0.3) is 0 Å². The molecule has 0 saturated carbocycles. The number of hydrogen-bond acceptors (Lipinski definition) is 4. The van der Waals surface area contributed by atoms with Crippen LogP contribution in [0, 0.1) is 0 Å². The van der Waals surface area contributed by atoms with E-state index in [1.54, 1.807) is 30.6 Å². The maximum Gasteiger partial charge on any atom is 0.258 e. The molecule has 0 aliphatic heterocycles. The zero-order valence-electron chi connectivity index (χ0n) is 11.3. The Bertz CT molecular complexity index is 632. The third kappa shape index (κ3) is 4.54. The van der Waals surface area contributed by atoms with E-state index in [1.807, 2.05) is 18.2 Å². The van der Waals surface area contributed by atoms with Crippen molar-refractivity contribution in [3.05, 3.63) is 59.9 Å². The first kappa shape index (κ1) is 14.9. The number of nitrogens with one attached hydrogen (secondary N) is 1.